The van der Waals surface area contributed by atoms with E-state index in [0.29, 0.717) is 6.54 Å². The topological polar surface area (TPSA) is 54.7 Å². The molecule has 0 amide bonds. The first-order valence-electron chi connectivity index (χ1n) is 9.87. The summed E-state index contributed by atoms with van der Waals surface area (Å²) in [6.07, 6.45) is 1.85. The second-order valence-electron chi connectivity index (χ2n) is 7.52. The average Bonchev–Trinajstić information content (AvgIpc) is 3.18. The van der Waals surface area contributed by atoms with Crippen LogP contribution in [-0.4, -0.2) is 43.5 Å². The number of nitrogens with zero attached hydrogens (tertiary/aromatic N) is 1. The molecule has 2 aromatic heterocycles. The Kier molecular flexibility index (Phi) is 4.29. The van der Waals surface area contributed by atoms with Crippen LogP contribution in [0.5, 0.6) is 0 Å². The Balaban J connectivity index is 1.24. The summed E-state index contributed by atoms with van der Waals surface area (Å²) in [5, 5.41) is 2.25. The summed E-state index contributed by atoms with van der Waals surface area (Å²) in [6.45, 7) is 4.39. The van der Waals surface area contributed by atoms with E-state index in [4.69, 9.17) is 0 Å². The molecule has 0 bridgehead atoms. The van der Waals surface area contributed by atoms with E-state index < -0.39 is 0 Å². The lowest BCUT2D eigenvalue weighted by Crippen LogP contribution is -3.15. The van der Waals surface area contributed by atoms with Crippen molar-refractivity contribution >= 4 is 33.4 Å². The highest BCUT2D eigenvalue weighted by atomic mass is 16.1. The molecule has 0 spiro atoms. The van der Waals surface area contributed by atoms with E-state index in [1.54, 1.807) is 0 Å². The van der Waals surface area contributed by atoms with Crippen LogP contribution in [0.2, 0.25) is 0 Å². The first kappa shape index (κ1) is 17.0. The molecule has 0 unspecified atom stereocenters. The Labute approximate surface area is 163 Å². The van der Waals surface area contributed by atoms with Crippen LogP contribution in [0.15, 0.2) is 66.9 Å². The monoisotopic (exact) mass is 372 g/mol. The first-order valence-corrected chi connectivity index (χ1v) is 9.87. The summed E-state index contributed by atoms with van der Waals surface area (Å²) in [4.78, 5) is 23.3. The second kappa shape index (κ2) is 7.09. The molecule has 5 rings (SSSR count). The molecule has 1 fully saturated rings. The zero-order valence-corrected chi connectivity index (χ0v) is 15.7. The van der Waals surface area contributed by atoms with Crippen LogP contribution in [-0.2, 0) is 0 Å². The van der Waals surface area contributed by atoms with E-state index in [2.05, 4.69) is 51.3 Å². The number of aromatic nitrogens is 2. The molecule has 0 saturated carbocycles. The van der Waals surface area contributed by atoms with Gasteiger partial charge in [-0.25, -0.2) is 4.98 Å². The maximum atomic E-state index is 12.8. The normalized spacial score (nSPS) is 15.4. The van der Waals surface area contributed by atoms with Crippen LogP contribution >= 0.6 is 0 Å². The van der Waals surface area contributed by atoms with Crippen molar-refractivity contribution in [1.29, 1.82) is 0 Å². The third kappa shape index (κ3) is 3.14. The second-order valence-corrected chi connectivity index (χ2v) is 7.52. The van der Waals surface area contributed by atoms with Crippen LogP contribution < -0.4 is 14.8 Å². The number of piperazine rings is 1. The number of pyridine rings is 1. The van der Waals surface area contributed by atoms with Gasteiger partial charge in [0.25, 0.3) is 5.82 Å². The summed E-state index contributed by atoms with van der Waals surface area (Å²) in [6, 6.07) is 20.7. The van der Waals surface area contributed by atoms with Crippen molar-refractivity contribution in [2.75, 3.05) is 37.6 Å². The number of nitrogens with one attached hydrogen (secondary N) is 3. The van der Waals surface area contributed by atoms with Gasteiger partial charge in [0.1, 0.15) is 38.2 Å². The largest absolute Gasteiger partial charge is 0.360 e. The van der Waals surface area contributed by atoms with Crippen molar-refractivity contribution in [1.82, 2.24) is 4.98 Å². The van der Waals surface area contributed by atoms with Crippen molar-refractivity contribution in [3.05, 3.63) is 72.4 Å². The van der Waals surface area contributed by atoms with Gasteiger partial charge >= 0.3 is 0 Å². The fraction of sp³-hybridized carbons (Fsp3) is 0.217. The number of Topliss-reactive ketones (excluding diaryl/α,β-unsaturated/α-hetero) is 1. The van der Waals surface area contributed by atoms with Gasteiger partial charge in [0.15, 0.2) is 0 Å². The smallest absolute Gasteiger partial charge is 0.275 e. The Bertz CT molecular complexity index is 1140. The molecule has 3 heterocycles. The van der Waals surface area contributed by atoms with E-state index in [9.17, 15) is 4.79 Å². The van der Waals surface area contributed by atoms with E-state index in [1.807, 2.05) is 30.5 Å². The van der Waals surface area contributed by atoms with Gasteiger partial charge in [-0.05, 0) is 18.2 Å². The molecule has 3 N–H and O–H groups in total. The van der Waals surface area contributed by atoms with E-state index in [-0.39, 0.29) is 5.78 Å². The number of ketones is 1. The van der Waals surface area contributed by atoms with Gasteiger partial charge in [-0.15, -0.1) is 0 Å². The molecule has 28 heavy (non-hydrogen) atoms. The Morgan fingerprint density at radius 2 is 1.79 bits per heavy atom. The molecular formula is C23H24N4O+2. The number of H-pyrrole nitrogens is 2. The number of fused-ring (bicyclic) bond motifs is 2. The molecule has 0 atom stereocenters. The summed E-state index contributed by atoms with van der Waals surface area (Å²) in [5.74, 6) is 1.37. The average molecular weight is 372 g/mol. The Morgan fingerprint density at radius 3 is 2.68 bits per heavy atom. The number of carbonyl (C=O) groups excluding carboxylic acids is 1. The van der Waals surface area contributed by atoms with Gasteiger partial charge in [0, 0.05) is 34.1 Å². The van der Waals surface area contributed by atoms with Gasteiger partial charge in [-0.1, -0.05) is 36.4 Å². The SMILES string of the molecule is O=C(C[NH+]1CCN(c2ccc3ccccc3[nH+]2)CC1)c1c[nH]c2ccccc12. The third-order valence-corrected chi connectivity index (χ3v) is 5.76. The molecule has 2 aromatic carbocycles. The summed E-state index contributed by atoms with van der Waals surface area (Å²) >= 11 is 0. The van der Waals surface area contributed by atoms with Crippen LogP contribution in [0.4, 0.5) is 5.82 Å². The molecule has 1 saturated heterocycles. The van der Waals surface area contributed by atoms with E-state index in [1.165, 1.54) is 10.3 Å². The fourth-order valence-corrected chi connectivity index (χ4v) is 4.15. The molecule has 1 aliphatic rings. The van der Waals surface area contributed by atoms with Crippen molar-refractivity contribution in [3.8, 4) is 0 Å². The number of aromatic amines is 2. The lowest BCUT2D eigenvalue weighted by atomic mass is 10.1. The molecule has 140 valence electrons. The molecule has 0 radical (unpaired) electrons. The third-order valence-electron chi connectivity index (χ3n) is 5.76. The predicted octanol–water partition coefficient (Wildman–Crippen LogP) is 1.72. The zero-order chi connectivity index (χ0) is 18.9. The number of carbonyl (C=O) groups is 1. The first-order chi connectivity index (χ1) is 13.8. The maximum Gasteiger partial charge on any atom is 0.275 e. The van der Waals surface area contributed by atoms with E-state index in [0.717, 1.165) is 54.0 Å². The molecule has 1 aliphatic heterocycles. The minimum Gasteiger partial charge on any atom is -0.360 e. The number of benzene rings is 2. The Hall–Kier alpha value is -3.18. The summed E-state index contributed by atoms with van der Waals surface area (Å²) in [5.41, 5.74) is 3.00. The van der Waals surface area contributed by atoms with Gasteiger partial charge in [0.2, 0.25) is 5.78 Å². The van der Waals surface area contributed by atoms with Crippen LogP contribution in [0, 0.1) is 0 Å². The van der Waals surface area contributed by atoms with Crippen LogP contribution in [0.3, 0.4) is 0 Å². The summed E-state index contributed by atoms with van der Waals surface area (Å²) in [7, 11) is 0. The highest BCUT2D eigenvalue weighted by Gasteiger charge is 2.28. The van der Waals surface area contributed by atoms with Crippen molar-refractivity contribution in [2.24, 2.45) is 0 Å². The van der Waals surface area contributed by atoms with Crippen molar-refractivity contribution in [3.63, 3.8) is 0 Å². The molecule has 5 heteroatoms. The van der Waals surface area contributed by atoms with Gasteiger partial charge in [-0.3, -0.25) is 9.69 Å². The van der Waals surface area contributed by atoms with Crippen LogP contribution in [0.25, 0.3) is 21.8 Å². The van der Waals surface area contributed by atoms with Crippen LogP contribution in [0.1, 0.15) is 10.4 Å². The highest BCUT2D eigenvalue weighted by Crippen LogP contribution is 2.18. The lowest BCUT2D eigenvalue weighted by molar-refractivity contribution is -0.892. The van der Waals surface area contributed by atoms with E-state index >= 15 is 0 Å². The lowest BCUT2D eigenvalue weighted by Gasteiger charge is -2.27. The minimum atomic E-state index is 0.221. The Morgan fingerprint density at radius 1 is 1.00 bits per heavy atom. The highest BCUT2D eigenvalue weighted by molar-refractivity contribution is 6.08. The van der Waals surface area contributed by atoms with Gasteiger partial charge in [0.05, 0.1) is 0 Å². The number of hydrogen-bond donors (Lipinski definition) is 2. The molecule has 0 aliphatic carbocycles. The van der Waals surface area contributed by atoms with Crippen molar-refractivity contribution in [2.45, 2.75) is 0 Å². The molecule has 5 nitrogen and oxygen atoms in total. The molecule has 4 aromatic rings. The van der Waals surface area contributed by atoms with Crippen molar-refractivity contribution < 1.29 is 14.7 Å². The number of anilines is 1. The maximum absolute atomic E-state index is 12.8. The van der Waals surface area contributed by atoms with Gasteiger partial charge in [-0.2, -0.15) is 0 Å². The number of rotatable bonds is 4. The standard InChI is InChI=1S/C23H22N4O/c28-22(19-15-24-21-8-4-2-6-18(19)21)16-26-11-13-27(14-12-26)23-10-9-17-5-1-3-7-20(17)25-23/h1-10,15,24H,11-14,16H2/p+2. The fourth-order valence-electron chi connectivity index (χ4n) is 4.15. The number of hydrogen-bond acceptors (Lipinski definition) is 2. The summed E-state index contributed by atoms with van der Waals surface area (Å²) < 4.78 is 0. The zero-order valence-electron chi connectivity index (χ0n) is 15.7. The number of para-hydroxylation sites is 2. The quantitative estimate of drug-likeness (QED) is 0.536. The predicted molar refractivity (Wildman–Crippen MR) is 111 cm³/mol. The number of quaternary nitrogens is 1. The van der Waals surface area contributed by atoms with Gasteiger partial charge < -0.3 is 9.88 Å². The minimum absolute atomic E-state index is 0.221. The molecular weight excluding hydrogens is 348 g/mol.